The predicted octanol–water partition coefficient (Wildman–Crippen LogP) is 5.11. The predicted molar refractivity (Wildman–Crippen MR) is 89.3 cm³/mol. The third kappa shape index (κ3) is 3.52. The van der Waals surface area contributed by atoms with E-state index in [1.807, 2.05) is 49.4 Å². The summed E-state index contributed by atoms with van der Waals surface area (Å²) in [6, 6.07) is 7.57. The second-order valence-electron chi connectivity index (χ2n) is 4.92. The maximum atomic E-state index is 14.1. The molecule has 0 bridgehead atoms. The fourth-order valence-electron chi connectivity index (χ4n) is 1.81. The van der Waals surface area contributed by atoms with Gasteiger partial charge >= 0.3 is 0 Å². The standard InChI is InChI=1S/C15H18BrFN2S/c1-10(2)19(3)14-5-4-11(8-13(14)17)18-9-15-12(16)6-7-20-15/h4-8,10,18H,9H2,1-3H3. The van der Waals surface area contributed by atoms with Gasteiger partial charge in [0.15, 0.2) is 0 Å². The van der Waals surface area contributed by atoms with Crippen molar-refractivity contribution in [1.29, 1.82) is 0 Å². The Morgan fingerprint density at radius 2 is 2.10 bits per heavy atom. The van der Waals surface area contributed by atoms with E-state index in [0.29, 0.717) is 12.2 Å². The molecule has 0 aliphatic rings. The van der Waals surface area contributed by atoms with Crippen LogP contribution in [0.25, 0.3) is 0 Å². The van der Waals surface area contributed by atoms with Gasteiger partial charge in [-0.15, -0.1) is 11.3 Å². The van der Waals surface area contributed by atoms with E-state index in [4.69, 9.17) is 0 Å². The van der Waals surface area contributed by atoms with Crippen molar-refractivity contribution in [3.63, 3.8) is 0 Å². The van der Waals surface area contributed by atoms with Crippen LogP contribution in [-0.4, -0.2) is 13.1 Å². The minimum absolute atomic E-state index is 0.198. The van der Waals surface area contributed by atoms with E-state index >= 15 is 0 Å². The maximum absolute atomic E-state index is 14.1. The molecule has 2 nitrogen and oxygen atoms in total. The molecular formula is C15H18BrFN2S. The van der Waals surface area contributed by atoms with E-state index < -0.39 is 0 Å². The Hall–Kier alpha value is -1.07. The number of halogens is 2. The summed E-state index contributed by atoms with van der Waals surface area (Å²) in [4.78, 5) is 3.13. The minimum atomic E-state index is -0.198. The highest BCUT2D eigenvalue weighted by molar-refractivity contribution is 9.10. The molecule has 108 valence electrons. The van der Waals surface area contributed by atoms with E-state index in [9.17, 15) is 4.39 Å². The summed E-state index contributed by atoms with van der Waals surface area (Å²) in [6.45, 7) is 4.77. The molecule has 0 spiro atoms. The molecule has 20 heavy (non-hydrogen) atoms. The van der Waals surface area contributed by atoms with Gasteiger partial charge in [-0.3, -0.25) is 0 Å². The van der Waals surface area contributed by atoms with Crippen LogP contribution in [0, 0.1) is 5.82 Å². The highest BCUT2D eigenvalue weighted by Crippen LogP contribution is 2.26. The molecule has 1 aromatic carbocycles. The first-order chi connectivity index (χ1) is 9.49. The Balaban J connectivity index is 2.07. The molecule has 0 fully saturated rings. The van der Waals surface area contributed by atoms with E-state index in [1.165, 1.54) is 4.88 Å². The second-order valence-corrected chi connectivity index (χ2v) is 6.77. The average Bonchev–Trinajstić information content (AvgIpc) is 2.81. The third-order valence-corrected chi connectivity index (χ3v) is 5.17. The molecule has 2 aromatic rings. The smallest absolute Gasteiger partial charge is 0.148 e. The monoisotopic (exact) mass is 356 g/mol. The summed E-state index contributed by atoms with van der Waals surface area (Å²) < 4.78 is 15.2. The molecule has 1 aromatic heterocycles. The molecule has 0 atom stereocenters. The Morgan fingerprint density at radius 3 is 2.65 bits per heavy atom. The van der Waals surface area contributed by atoms with Crippen LogP contribution in [0.1, 0.15) is 18.7 Å². The van der Waals surface area contributed by atoms with E-state index in [0.717, 1.165) is 10.2 Å². The zero-order valence-corrected chi connectivity index (χ0v) is 14.2. The normalized spacial score (nSPS) is 10.9. The topological polar surface area (TPSA) is 15.3 Å². The number of anilines is 2. The van der Waals surface area contributed by atoms with Gasteiger partial charge in [-0.25, -0.2) is 4.39 Å². The van der Waals surface area contributed by atoms with Crippen molar-refractivity contribution in [1.82, 2.24) is 0 Å². The molecule has 1 N–H and O–H groups in total. The van der Waals surface area contributed by atoms with Crippen LogP contribution in [-0.2, 0) is 6.54 Å². The molecule has 0 aliphatic heterocycles. The number of rotatable bonds is 5. The minimum Gasteiger partial charge on any atom is -0.380 e. The third-order valence-electron chi connectivity index (χ3n) is 3.25. The lowest BCUT2D eigenvalue weighted by Crippen LogP contribution is -2.26. The summed E-state index contributed by atoms with van der Waals surface area (Å²) in [5, 5.41) is 5.28. The van der Waals surface area contributed by atoms with Gasteiger partial charge in [-0.1, -0.05) is 0 Å². The van der Waals surface area contributed by atoms with Gasteiger partial charge in [0, 0.05) is 28.1 Å². The first-order valence-corrected chi connectivity index (χ1v) is 8.14. The van der Waals surface area contributed by atoms with Crippen LogP contribution in [0.15, 0.2) is 34.1 Å². The Labute approximate surface area is 131 Å². The van der Waals surface area contributed by atoms with Crippen LogP contribution in [0.3, 0.4) is 0 Å². The quantitative estimate of drug-likeness (QED) is 0.800. The molecule has 1 heterocycles. The summed E-state index contributed by atoms with van der Waals surface area (Å²) in [6.07, 6.45) is 0. The van der Waals surface area contributed by atoms with Crippen molar-refractivity contribution in [3.8, 4) is 0 Å². The van der Waals surface area contributed by atoms with E-state index in [2.05, 4.69) is 21.2 Å². The van der Waals surface area contributed by atoms with Crippen molar-refractivity contribution in [2.24, 2.45) is 0 Å². The lowest BCUT2D eigenvalue weighted by atomic mass is 10.2. The van der Waals surface area contributed by atoms with Crippen LogP contribution < -0.4 is 10.2 Å². The van der Waals surface area contributed by atoms with Gasteiger partial charge in [0.25, 0.3) is 0 Å². The van der Waals surface area contributed by atoms with Gasteiger partial charge in [0.05, 0.1) is 12.2 Å². The summed E-state index contributed by atoms with van der Waals surface area (Å²) in [7, 11) is 1.90. The van der Waals surface area contributed by atoms with Crippen molar-refractivity contribution >= 4 is 38.6 Å². The Bertz CT molecular complexity index is 583. The molecule has 0 saturated carbocycles. The van der Waals surface area contributed by atoms with Crippen LogP contribution >= 0.6 is 27.3 Å². The SMILES string of the molecule is CC(C)N(C)c1ccc(NCc2sccc2Br)cc1F. The van der Waals surface area contributed by atoms with Gasteiger partial charge in [0.2, 0.25) is 0 Å². The highest BCUT2D eigenvalue weighted by atomic mass is 79.9. The number of nitrogens with zero attached hydrogens (tertiary/aromatic N) is 1. The van der Waals surface area contributed by atoms with E-state index in [-0.39, 0.29) is 11.9 Å². The Morgan fingerprint density at radius 1 is 1.35 bits per heavy atom. The zero-order valence-electron chi connectivity index (χ0n) is 11.8. The average molecular weight is 357 g/mol. The van der Waals surface area contributed by atoms with Gasteiger partial charge in [-0.2, -0.15) is 0 Å². The van der Waals surface area contributed by atoms with Gasteiger partial charge in [0.1, 0.15) is 5.82 Å². The van der Waals surface area contributed by atoms with E-state index in [1.54, 1.807) is 17.4 Å². The number of nitrogens with one attached hydrogen (secondary N) is 1. The largest absolute Gasteiger partial charge is 0.380 e. The number of thiophene rings is 1. The van der Waals surface area contributed by atoms with Gasteiger partial charge < -0.3 is 10.2 Å². The summed E-state index contributed by atoms with van der Waals surface area (Å²) >= 11 is 5.16. The van der Waals surface area contributed by atoms with Crippen LogP contribution in [0.4, 0.5) is 15.8 Å². The van der Waals surface area contributed by atoms with Crippen molar-refractivity contribution in [2.45, 2.75) is 26.4 Å². The van der Waals surface area contributed by atoms with Gasteiger partial charge in [-0.05, 0) is 59.4 Å². The number of hydrogen-bond donors (Lipinski definition) is 1. The summed E-state index contributed by atoms with van der Waals surface area (Å²) in [5.74, 6) is -0.198. The second kappa shape index (κ2) is 6.59. The highest BCUT2D eigenvalue weighted by Gasteiger charge is 2.11. The summed E-state index contributed by atoms with van der Waals surface area (Å²) in [5.41, 5.74) is 1.42. The Kier molecular flexibility index (Phi) is 5.05. The van der Waals surface area contributed by atoms with Crippen LogP contribution in [0.2, 0.25) is 0 Å². The molecule has 0 saturated heterocycles. The molecule has 0 unspecified atom stereocenters. The fraction of sp³-hybridized carbons (Fsp3) is 0.333. The van der Waals surface area contributed by atoms with Crippen molar-refractivity contribution in [2.75, 3.05) is 17.3 Å². The molecule has 2 rings (SSSR count). The molecule has 0 amide bonds. The first-order valence-electron chi connectivity index (χ1n) is 6.47. The number of benzene rings is 1. The first kappa shape index (κ1) is 15.3. The molecule has 0 aliphatic carbocycles. The lowest BCUT2D eigenvalue weighted by Gasteiger charge is -2.24. The molecule has 5 heteroatoms. The lowest BCUT2D eigenvalue weighted by molar-refractivity contribution is 0.614. The van der Waals surface area contributed by atoms with Crippen molar-refractivity contribution in [3.05, 3.63) is 44.8 Å². The number of hydrogen-bond acceptors (Lipinski definition) is 3. The molecule has 0 radical (unpaired) electrons. The van der Waals surface area contributed by atoms with Crippen molar-refractivity contribution < 1.29 is 4.39 Å². The fourth-order valence-corrected chi connectivity index (χ4v) is 3.25. The maximum Gasteiger partial charge on any atom is 0.148 e. The zero-order chi connectivity index (χ0) is 14.7. The molecular weight excluding hydrogens is 339 g/mol. The van der Waals surface area contributed by atoms with Crippen LogP contribution in [0.5, 0.6) is 0 Å².